The van der Waals surface area contributed by atoms with Crippen molar-refractivity contribution in [3.63, 3.8) is 0 Å². The van der Waals surface area contributed by atoms with E-state index in [-0.39, 0.29) is 11.1 Å². The normalized spacial score (nSPS) is 17.6. The molecule has 0 saturated carbocycles. The molecule has 0 spiro atoms. The molecule has 0 amide bonds. The zero-order chi connectivity index (χ0) is 28.5. The highest BCUT2D eigenvalue weighted by molar-refractivity contribution is 6.13. The van der Waals surface area contributed by atoms with E-state index in [0.717, 1.165) is 10.9 Å². The molecule has 0 aliphatic carbocycles. The summed E-state index contributed by atoms with van der Waals surface area (Å²) in [4.78, 5) is 0. The molecule has 0 fully saturated rings. The second kappa shape index (κ2) is 7.59. The quantitative estimate of drug-likeness (QED) is 0.268. The molecule has 5 aromatic rings. The number of rotatable bonds is 3. The predicted molar refractivity (Wildman–Crippen MR) is 129 cm³/mol. The number of hydrogen-bond donors (Lipinski definition) is 0. The van der Waals surface area contributed by atoms with E-state index in [1.165, 1.54) is 25.1 Å². The van der Waals surface area contributed by atoms with Gasteiger partial charge in [0.1, 0.15) is 24.0 Å². The van der Waals surface area contributed by atoms with Gasteiger partial charge in [-0.15, -0.1) is 0 Å². The Morgan fingerprint density at radius 3 is 2.41 bits per heavy atom. The molecule has 0 aliphatic heterocycles. The minimum absolute atomic E-state index is 0.159. The third-order valence-corrected chi connectivity index (χ3v) is 5.98. The first-order valence-electron chi connectivity index (χ1n) is 13.9. The highest BCUT2D eigenvalue weighted by Gasteiger charge is 2.23. The van der Waals surface area contributed by atoms with Crippen LogP contribution in [0.4, 0.5) is 4.39 Å². The highest BCUT2D eigenvalue weighted by atomic mass is 19.1. The smallest absolute Gasteiger partial charge is 0.216 e. The van der Waals surface area contributed by atoms with Gasteiger partial charge in [0.15, 0.2) is 6.20 Å². The number of benzene rings is 3. The summed E-state index contributed by atoms with van der Waals surface area (Å²) < 4.78 is 78.6. The Morgan fingerprint density at radius 2 is 1.69 bits per heavy atom. The molecule has 0 bridgehead atoms. The summed E-state index contributed by atoms with van der Waals surface area (Å²) in [5, 5.41) is 1.44. The number of pyridine rings is 1. The number of halogens is 1. The van der Waals surface area contributed by atoms with E-state index in [1.807, 2.05) is 30.7 Å². The third kappa shape index (κ3) is 3.20. The topological polar surface area (TPSA) is 17.0 Å². The summed E-state index contributed by atoms with van der Waals surface area (Å²) in [7, 11) is 1.83. The number of fused-ring (bicyclic) bond motifs is 3. The molecular formula is C29H27FNO+. The third-order valence-electron chi connectivity index (χ3n) is 5.98. The van der Waals surface area contributed by atoms with E-state index >= 15 is 4.39 Å². The van der Waals surface area contributed by atoms with Crippen LogP contribution in [0.1, 0.15) is 46.0 Å². The monoisotopic (exact) mass is 431 g/mol. The minimum atomic E-state index is -2.54. The summed E-state index contributed by atoms with van der Waals surface area (Å²) >= 11 is 0. The fourth-order valence-corrected chi connectivity index (χ4v) is 4.25. The lowest BCUT2D eigenvalue weighted by atomic mass is 9.96. The van der Waals surface area contributed by atoms with Crippen LogP contribution in [-0.2, 0) is 7.05 Å². The molecule has 2 heterocycles. The van der Waals surface area contributed by atoms with Crippen LogP contribution in [0.3, 0.4) is 0 Å². The maximum atomic E-state index is 15.3. The Labute approximate surface area is 197 Å². The average Bonchev–Trinajstić information content (AvgIpc) is 3.21. The molecule has 3 aromatic carbocycles. The summed E-state index contributed by atoms with van der Waals surface area (Å²) in [6, 6.07) is 16.3. The lowest BCUT2D eigenvalue weighted by Gasteiger charge is -2.09. The van der Waals surface area contributed by atoms with Gasteiger partial charge < -0.3 is 4.42 Å². The predicted octanol–water partition coefficient (Wildman–Crippen LogP) is 7.62. The first-order chi connectivity index (χ1) is 18.1. The molecule has 3 heteroatoms. The Bertz CT molecular complexity index is 1730. The molecule has 1 atom stereocenters. The Kier molecular flexibility index (Phi) is 3.29. The molecular weight excluding hydrogens is 397 g/mol. The maximum Gasteiger partial charge on any atom is 0.216 e. The Hall–Kier alpha value is -3.46. The van der Waals surface area contributed by atoms with Crippen LogP contribution in [-0.4, -0.2) is 0 Å². The lowest BCUT2D eigenvalue weighted by Crippen LogP contribution is -2.31. The minimum Gasteiger partial charge on any atom is -0.454 e. The Balaban J connectivity index is 1.78. The summed E-state index contributed by atoms with van der Waals surface area (Å²) in [6.07, 6.45) is 1.72. The van der Waals surface area contributed by atoms with Crippen LogP contribution in [0.5, 0.6) is 0 Å². The van der Waals surface area contributed by atoms with Gasteiger partial charge in [-0.05, 0) is 48.5 Å². The van der Waals surface area contributed by atoms with Crippen LogP contribution in [0, 0.1) is 19.6 Å². The first kappa shape index (κ1) is 13.8. The van der Waals surface area contributed by atoms with Crippen molar-refractivity contribution in [3.8, 4) is 22.4 Å². The molecule has 32 heavy (non-hydrogen) atoms. The molecule has 2 nitrogen and oxygen atoms in total. The van der Waals surface area contributed by atoms with E-state index in [9.17, 15) is 0 Å². The molecule has 0 aliphatic rings. The fourth-order valence-electron chi connectivity index (χ4n) is 4.25. The second-order valence-electron chi connectivity index (χ2n) is 8.15. The zero-order valence-electron chi connectivity index (χ0n) is 25.1. The van der Waals surface area contributed by atoms with E-state index < -0.39 is 25.4 Å². The molecule has 0 N–H and O–H groups in total. The van der Waals surface area contributed by atoms with Gasteiger partial charge in [-0.25, -0.2) is 8.96 Å². The molecule has 1 unspecified atom stereocenters. The summed E-state index contributed by atoms with van der Waals surface area (Å²) in [5.41, 5.74) is 4.26. The summed E-state index contributed by atoms with van der Waals surface area (Å²) in [6.45, 7) is -1.52. The van der Waals surface area contributed by atoms with Crippen molar-refractivity contribution < 1.29 is 23.0 Å². The van der Waals surface area contributed by atoms with Gasteiger partial charge in [0.05, 0.1) is 11.1 Å². The van der Waals surface area contributed by atoms with E-state index in [0.29, 0.717) is 38.9 Å². The number of aromatic nitrogens is 1. The molecule has 2 aromatic heterocycles. The standard InChI is InChI=1S/C29H27FNO/c1-17(2)21-14-15-31(5)25(16-21)26-19(4)8-11-22-23-12-13-24(30)27(29(23)32-28(22)26)20-9-6-18(3)7-10-20/h6-17H,1-5H3/q+1/i1D3,3D3,17D. The fraction of sp³-hybridized carbons (Fsp3) is 0.207. The van der Waals surface area contributed by atoms with E-state index in [2.05, 4.69) is 0 Å². The SMILES string of the molecule is [2H]C([2H])([2H])c1ccc(-c2c(F)ccc3c2oc2c(-c4cc(C([2H])(C)C([2H])([2H])[2H])cc[n+]4C)c(C)ccc23)cc1. The molecule has 0 radical (unpaired) electrons. The number of aryl methyl sites for hydroxylation is 3. The number of hydrogen-bond acceptors (Lipinski definition) is 1. The molecule has 0 saturated heterocycles. The molecule has 5 rings (SSSR count). The van der Waals surface area contributed by atoms with Crippen LogP contribution in [0.25, 0.3) is 44.3 Å². The van der Waals surface area contributed by atoms with Crippen LogP contribution >= 0.6 is 0 Å². The average molecular weight is 432 g/mol. The lowest BCUT2D eigenvalue weighted by molar-refractivity contribution is -0.660. The number of nitrogens with zero attached hydrogens (tertiary/aromatic N) is 1. The van der Waals surface area contributed by atoms with Crippen molar-refractivity contribution in [1.82, 2.24) is 0 Å². The van der Waals surface area contributed by atoms with Gasteiger partial charge in [-0.3, -0.25) is 0 Å². The van der Waals surface area contributed by atoms with Crippen LogP contribution in [0.15, 0.2) is 71.3 Å². The second-order valence-corrected chi connectivity index (χ2v) is 8.15. The largest absolute Gasteiger partial charge is 0.454 e. The highest BCUT2D eigenvalue weighted by Crippen LogP contribution is 2.41. The first-order valence-corrected chi connectivity index (χ1v) is 10.4. The summed E-state index contributed by atoms with van der Waals surface area (Å²) in [5.74, 6) is -2.33. The van der Waals surface area contributed by atoms with Gasteiger partial charge in [0.25, 0.3) is 0 Å². The van der Waals surface area contributed by atoms with Crippen LogP contribution in [0.2, 0.25) is 0 Å². The maximum absolute atomic E-state index is 15.3. The van der Waals surface area contributed by atoms with Crippen molar-refractivity contribution >= 4 is 21.9 Å². The Morgan fingerprint density at radius 1 is 0.969 bits per heavy atom. The van der Waals surface area contributed by atoms with Crippen molar-refractivity contribution in [2.45, 2.75) is 33.4 Å². The number of furan rings is 1. The van der Waals surface area contributed by atoms with Crippen molar-refractivity contribution in [2.24, 2.45) is 7.05 Å². The van der Waals surface area contributed by atoms with Gasteiger partial charge in [0, 0.05) is 32.5 Å². The van der Waals surface area contributed by atoms with Gasteiger partial charge in [0.2, 0.25) is 5.69 Å². The van der Waals surface area contributed by atoms with E-state index in [1.54, 1.807) is 36.5 Å². The van der Waals surface area contributed by atoms with Crippen molar-refractivity contribution in [1.29, 1.82) is 0 Å². The van der Waals surface area contributed by atoms with Gasteiger partial charge in [-0.2, -0.15) is 0 Å². The van der Waals surface area contributed by atoms with Crippen molar-refractivity contribution in [3.05, 3.63) is 89.4 Å². The van der Waals surface area contributed by atoms with Crippen molar-refractivity contribution in [2.75, 3.05) is 0 Å². The van der Waals surface area contributed by atoms with Gasteiger partial charge >= 0.3 is 0 Å². The van der Waals surface area contributed by atoms with Crippen LogP contribution < -0.4 is 4.57 Å². The van der Waals surface area contributed by atoms with E-state index in [4.69, 9.17) is 14.0 Å². The van der Waals surface area contributed by atoms with Gasteiger partial charge in [-0.1, -0.05) is 55.7 Å². The zero-order valence-corrected chi connectivity index (χ0v) is 18.1. The molecule has 160 valence electrons.